The van der Waals surface area contributed by atoms with Crippen LogP contribution in [0.25, 0.3) is 0 Å². The van der Waals surface area contributed by atoms with Gasteiger partial charge in [-0.3, -0.25) is 0 Å². The van der Waals surface area contributed by atoms with Crippen LogP contribution in [0.4, 0.5) is 0 Å². The Balaban J connectivity index is 1.74. The smallest absolute Gasteiger partial charge is 0.0180 e. The van der Waals surface area contributed by atoms with E-state index in [0.717, 1.165) is 19.5 Å². The van der Waals surface area contributed by atoms with Crippen LogP contribution in [0.5, 0.6) is 0 Å². The van der Waals surface area contributed by atoms with Crippen LogP contribution >= 0.6 is 0 Å². The van der Waals surface area contributed by atoms with Crippen LogP contribution in [0.1, 0.15) is 50.2 Å². The molecular weight excluding hydrogens is 232 g/mol. The predicted octanol–water partition coefficient (Wildman–Crippen LogP) is 3.25. The molecule has 106 valence electrons. The molecule has 0 saturated heterocycles. The predicted molar refractivity (Wildman–Crippen MR) is 82.1 cm³/mol. The van der Waals surface area contributed by atoms with Crippen molar-refractivity contribution < 1.29 is 0 Å². The van der Waals surface area contributed by atoms with Crippen molar-refractivity contribution in [3.8, 4) is 0 Å². The molecule has 0 atom stereocenters. The van der Waals surface area contributed by atoms with Gasteiger partial charge in [-0.15, -0.1) is 0 Å². The van der Waals surface area contributed by atoms with Crippen LogP contribution in [-0.2, 0) is 13.0 Å². The van der Waals surface area contributed by atoms with E-state index < -0.39 is 0 Å². The lowest BCUT2D eigenvalue weighted by molar-refractivity contribution is 0.208. The molecule has 1 aromatic rings. The van der Waals surface area contributed by atoms with E-state index in [0.29, 0.717) is 12.0 Å². The van der Waals surface area contributed by atoms with Crippen LogP contribution in [0.2, 0.25) is 0 Å². The Hall–Kier alpha value is -0.860. The molecule has 2 heteroatoms. The van der Waals surface area contributed by atoms with E-state index in [4.69, 9.17) is 5.73 Å². The lowest BCUT2D eigenvalue weighted by atomic mass is 9.76. The third-order valence-electron chi connectivity index (χ3n) is 4.52. The summed E-state index contributed by atoms with van der Waals surface area (Å²) in [5, 5.41) is 3.65. The van der Waals surface area contributed by atoms with Crippen molar-refractivity contribution in [1.29, 1.82) is 0 Å². The quantitative estimate of drug-likeness (QED) is 0.771. The van der Waals surface area contributed by atoms with Gasteiger partial charge < -0.3 is 11.1 Å². The summed E-state index contributed by atoms with van der Waals surface area (Å²) in [7, 11) is 0. The van der Waals surface area contributed by atoms with Crippen LogP contribution in [-0.4, -0.2) is 13.1 Å². The molecule has 2 rings (SSSR count). The normalized spacial score (nSPS) is 18.4. The highest BCUT2D eigenvalue weighted by molar-refractivity contribution is 5.27. The van der Waals surface area contributed by atoms with E-state index in [1.54, 1.807) is 0 Å². The van der Waals surface area contributed by atoms with Crippen LogP contribution in [0, 0.1) is 5.41 Å². The average molecular weight is 260 g/mol. The highest BCUT2D eigenvalue weighted by Gasteiger charge is 2.25. The molecule has 1 saturated carbocycles. The van der Waals surface area contributed by atoms with Crippen molar-refractivity contribution in [1.82, 2.24) is 5.32 Å². The summed E-state index contributed by atoms with van der Waals surface area (Å²) >= 11 is 0. The molecule has 1 aliphatic carbocycles. The maximum absolute atomic E-state index is 5.77. The molecule has 0 bridgehead atoms. The van der Waals surface area contributed by atoms with Gasteiger partial charge in [0, 0.05) is 13.1 Å². The summed E-state index contributed by atoms with van der Waals surface area (Å²) in [4.78, 5) is 0. The molecule has 0 aromatic heterocycles. The number of hydrogen-bond acceptors (Lipinski definition) is 2. The molecule has 0 radical (unpaired) electrons. The van der Waals surface area contributed by atoms with E-state index in [-0.39, 0.29) is 0 Å². The standard InChI is InChI=1S/C17H28N2/c1-17(10-5-2-6-11-17)14-19-12-9-15-7-3-4-8-16(15)13-18/h3-4,7-8,19H,2,5-6,9-14,18H2,1H3. The molecule has 1 aliphatic rings. The van der Waals surface area contributed by atoms with Crippen molar-refractivity contribution in [3.63, 3.8) is 0 Å². The first-order valence-corrected chi connectivity index (χ1v) is 7.71. The molecule has 0 amide bonds. The first-order chi connectivity index (χ1) is 9.23. The summed E-state index contributed by atoms with van der Waals surface area (Å²) in [6, 6.07) is 8.52. The summed E-state index contributed by atoms with van der Waals surface area (Å²) < 4.78 is 0. The molecule has 2 nitrogen and oxygen atoms in total. The van der Waals surface area contributed by atoms with Crippen molar-refractivity contribution in [3.05, 3.63) is 35.4 Å². The Morgan fingerprint density at radius 3 is 2.47 bits per heavy atom. The van der Waals surface area contributed by atoms with E-state index in [1.807, 2.05) is 0 Å². The highest BCUT2D eigenvalue weighted by atomic mass is 14.9. The van der Waals surface area contributed by atoms with Crippen LogP contribution in [0.3, 0.4) is 0 Å². The van der Waals surface area contributed by atoms with E-state index >= 15 is 0 Å². The van der Waals surface area contributed by atoms with E-state index in [9.17, 15) is 0 Å². The summed E-state index contributed by atoms with van der Waals surface area (Å²) in [6.07, 6.45) is 8.12. The maximum atomic E-state index is 5.77. The Morgan fingerprint density at radius 1 is 1.11 bits per heavy atom. The first kappa shape index (κ1) is 14.5. The fraction of sp³-hybridized carbons (Fsp3) is 0.647. The van der Waals surface area contributed by atoms with Gasteiger partial charge in [-0.05, 0) is 42.3 Å². The van der Waals surface area contributed by atoms with E-state index in [1.165, 1.54) is 43.2 Å². The average Bonchev–Trinajstić information content (AvgIpc) is 2.45. The molecule has 0 spiro atoms. The van der Waals surface area contributed by atoms with Gasteiger partial charge in [-0.1, -0.05) is 50.5 Å². The van der Waals surface area contributed by atoms with Gasteiger partial charge in [0.05, 0.1) is 0 Å². The Bertz CT molecular complexity index is 381. The van der Waals surface area contributed by atoms with Gasteiger partial charge in [0.1, 0.15) is 0 Å². The molecule has 0 unspecified atom stereocenters. The first-order valence-electron chi connectivity index (χ1n) is 7.71. The molecule has 1 aromatic carbocycles. The summed E-state index contributed by atoms with van der Waals surface area (Å²) in [5.74, 6) is 0. The van der Waals surface area contributed by atoms with Gasteiger partial charge >= 0.3 is 0 Å². The van der Waals surface area contributed by atoms with Crippen molar-refractivity contribution in [2.45, 2.75) is 52.0 Å². The molecule has 0 heterocycles. The number of nitrogens with one attached hydrogen (secondary N) is 1. The van der Waals surface area contributed by atoms with Gasteiger partial charge in [0.25, 0.3) is 0 Å². The topological polar surface area (TPSA) is 38.0 Å². The SMILES string of the molecule is CC1(CNCCc2ccccc2CN)CCCCC1. The van der Waals surface area contributed by atoms with Crippen molar-refractivity contribution in [2.24, 2.45) is 11.1 Å². The lowest BCUT2D eigenvalue weighted by Crippen LogP contribution is -2.34. The minimum Gasteiger partial charge on any atom is -0.326 e. The zero-order chi connectivity index (χ0) is 13.6. The second-order valence-corrected chi connectivity index (χ2v) is 6.27. The van der Waals surface area contributed by atoms with Crippen LogP contribution < -0.4 is 11.1 Å². The van der Waals surface area contributed by atoms with Gasteiger partial charge in [0.15, 0.2) is 0 Å². The summed E-state index contributed by atoms with van der Waals surface area (Å²) in [6.45, 7) is 5.31. The Kier molecular flexibility index (Phi) is 5.41. The Labute approximate surface area is 117 Å². The van der Waals surface area contributed by atoms with Gasteiger partial charge in [-0.25, -0.2) is 0 Å². The fourth-order valence-electron chi connectivity index (χ4n) is 3.20. The van der Waals surface area contributed by atoms with Gasteiger partial charge in [0.2, 0.25) is 0 Å². The molecule has 0 aliphatic heterocycles. The number of nitrogens with two attached hydrogens (primary N) is 1. The number of rotatable bonds is 6. The molecule has 19 heavy (non-hydrogen) atoms. The third kappa shape index (κ3) is 4.32. The Morgan fingerprint density at radius 2 is 1.79 bits per heavy atom. The fourth-order valence-corrected chi connectivity index (χ4v) is 3.20. The lowest BCUT2D eigenvalue weighted by Gasteiger charge is -2.33. The largest absolute Gasteiger partial charge is 0.326 e. The molecule has 1 fully saturated rings. The monoisotopic (exact) mass is 260 g/mol. The minimum absolute atomic E-state index is 0.533. The second kappa shape index (κ2) is 7.06. The van der Waals surface area contributed by atoms with Crippen molar-refractivity contribution >= 4 is 0 Å². The molecular formula is C17H28N2. The molecule has 3 N–H and O–H groups in total. The van der Waals surface area contributed by atoms with Gasteiger partial charge in [-0.2, -0.15) is 0 Å². The number of benzene rings is 1. The number of hydrogen-bond donors (Lipinski definition) is 2. The third-order valence-corrected chi connectivity index (χ3v) is 4.52. The minimum atomic E-state index is 0.533. The maximum Gasteiger partial charge on any atom is 0.0180 e. The zero-order valence-corrected chi connectivity index (χ0v) is 12.3. The summed E-state index contributed by atoms with van der Waals surface area (Å²) in [5.41, 5.74) is 8.99. The highest BCUT2D eigenvalue weighted by Crippen LogP contribution is 2.34. The van der Waals surface area contributed by atoms with Crippen LogP contribution in [0.15, 0.2) is 24.3 Å². The zero-order valence-electron chi connectivity index (χ0n) is 12.3. The van der Waals surface area contributed by atoms with E-state index in [2.05, 4.69) is 36.5 Å². The van der Waals surface area contributed by atoms with Crippen molar-refractivity contribution in [2.75, 3.05) is 13.1 Å². The second-order valence-electron chi connectivity index (χ2n) is 6.27.